The highest BCUT2D eigenvalue weighted by Crippen LogP contribution is 2.45. The van der Waals surface area contributed by atoms with E-state index in [0.717, 1.165) is 102 Å². The van der Waals surface area contributed by atoms with E-state index in [2.05, 4.69) is 34.6 Å². The lowest BCUT2D eigenvalue weighted by Gasteiger charge is -2.21. The Kier molecular flexibility index (Phi) is 49.0. The smallest absolute Gasteiger partial charge is 0.462 e. The van der Waals surface area contributed by atoms with Crippen molar-refractivity contribution in [3.63, 3.8) is 0 Å². The number of phosphoric ester groups is 2. The number of unbranched alkanes of at least 4 members (excludes halogenated alkanes) is 28. The summed E-state index contributed by atoms with van der Waals surface area (Å²) in [7, 11) is -9.85. The van der Waals surface area contributed by atoms with Gasteiger partial charge in [0.1, 0.15) is 19.3 Å². The molecule has 0 spiro atoms. The highest BCUT2D eigenvalue weighted by atomic mass is 31.2. The average Bonchev–Trinajstić information content (AvgIpc) is 3.37. The van der Waals surface area contributed by atoms with E-state index in [0.29, 0.717) is 25.7 Å². The predicted molar refractivity (Wildman–Crippen MR) is 294 cm³/mol. The van der Waals surface area contributed by atoms with Gasteiger partial charge < -0.3 is 33.8 Å². The zero-order valence-electron chi connectivity index (χ0n) is 47.7. The van der Waals surface area contributed by atoms with Crippen molar-refractivity contribution in [3.8, 4) is 0 Å². The van der Waals surface area contributed by atoms with Crippen molar-refractivity contribution in [1.82, 2.24) is 0 Å². The lowest BCUT2D eigenvalue weighted by Crippen LogP contribution is -2.30. The van der Waals surface area contributed by atoms with Crippen LogP contribution in [0, 0.1) is 5.92 Å². The molecule has 0 aromatic rings. The average molecular weight is 1120 g/mol. The number of hydrogen-bond donors (Lipinski definition) is 3. The Labute approximate surface area is 454 Å². The molecule has 0 heterocycles. The molecule has 3 N–H and O–H groups in total. The highest BCUT2D eigenvalue weighted by Gasteiger charge is 2.30. The second kappa shape index (κ2) is 50.3. The number of aliphatic hydroxyl groups is 1. The van der Waals surface area contributed by atoms with Gasteiger partial charge in [0.25, 0.3) is 0 Å². The molecule has 0 amide bonds. The molecule has 0 aromatic heterocycles. The predicted octanol–water partition coefficient (Wildman–Crippen LogP) is 14.7. The molecule has 0 aliphatic heterocycles. The maximum Gasteiger partial charge on any atom is 0.472 e. The van der Waals surface area contributed by atoms with Crippen LogP contribution in [0.25, 0.3) is 0 Å². The van der Waals surface area contributed by atoms with Gasteiger partial charge in [0.2, 0.25) is 0 Å². The minimum absolute atomic E-state index is 0.0987. The van der Waals surface area contributed by atoms with E-state index in [1.165, 1.54) is 89.9 Å². The molecule has 5 atom stereocenters. The molecule has 0 aliphatic carbocycles. The van der Waals surface area contributed by atoms with Crippen molar-refractivity contribution >= 4 is 39.5 Å². The Morgan fingerprint density at radius 2 is 0.613 bits per heavy atom. The minimum atomic E-state index is -4.93. The third-order valence-electron chi connectivity index (χ3n) is 12.8. The van der Waals surface area contributed by atoms with Gasteiger partial charge in [0.15, 0.2) is 12.2 Å². The molecule has 19 heteroatoms. The van der Waals surface area contributed by atoms with E-state index in [1.807, 2.05) is 0 Å². The summed E-state index contributed by atoms with van der Waals surface area (Å²) in [5.74, 6) is -1.38. The molecule has 0 aromatic carbocycles. The maximum atomic E-state index is 12.9. The van der Waals surface area contributed by atoms with E-state index in [9.17, 15) is 43.2 Å². The Balaban J connectivity index is 5.10. The van der Waals surface area contributed by atoms with Crippen LogP contribution >= 0.6 is 15.6 Å². The van der Waals surface area contributed by atoms with Crippen LogP contribution in [-0.4, -0.2) is 96.7 Å². The fraction of sp³-hybridized carbons (Fsp3) is 0.929. The lowest BCUT2D eigenvalue weighted by atomic mass is 10.0. The van der Waals surface area contributed by atoms with Crippen LogP contribution in [0.5, 0.6) is 0 Å². The van der Waals surface area contributed by atoms with Crippen molar-refractivity contribution < 1.29 is 80.2 Å². The van der Waals surface area contributed by atoms with Crippen LogP contribution in [0.1, 0.15) is 272 Å². The van der Waals surface area contributed by atoms with E-state index in [-0.39, 0.29) is 25.7 Å². The first-order valence-corrected chi connectivity index (χ1v) is 32.6. The van der Waals surface area contributed by atoms with Gasteiger partial charge in [0, 0.05) is 25.7 Å². The van der Waals surface area contributed by atoms with Gasteiger partial charge in [-0.2, -0.15) is 0 Å². The first-order valence-electron chi connectivity index (χ1n) is 29.6. The summed E-state index contributed by atoms with van der Waals surface area (Å²) in [5, 5.41) is 10.4. The minimum Gasteiger partial charge on any atom is -0.462 e. The molecule has 0 saturated heterocycles. The van der Waals surface area contributed by atoms with Gasteiger partial charge >= 0.3 is 39.5 Å². The normalized spacial score (nSPS) is 14.5. The summed E-state index contributed by atoms with van der Waals surface area (Å²) < 4.78 is 67.2. The maximum absolute atomic E-state index is 12.9. The summed E-state index contributed by atoms with van der Waals surface area (Å²) in [6.07, 6.45) is 31.5. The van der Waals surface area contributed by atoms with Gasteiger partial charge in [-0.25, -0.2) is 9.13 Å². The Morgan fingerprint density at radius 1 is 0.360 bits per heavy atom. The summed E-state index contributed by atoms with van der Waals surface area (Å²) in [4.78, 5) is 71.3. The molecule has 444 valence electrons. The number of carbonyl (C=O) groups excluding carboxylic acids is 4. The molecular formula is C56H108O17P2. The monoisotopic (exact) mass is 1110 g/mol. The first-order chi connectivity index (χ1) is 36.0. The van der Waals surface area contributed by atoms with E-state index in [4.69, 9.17) is 37.0 Å². The van der Waals surface area contributed by atoms with Gasteiger partial charge in [-0.3, -0.25) is 37.3 Å². The van der Waals surface area contributed by atoms with Crippen LogP contribution in [0.2, 0.25) is 0 Å². The van der Waals surface area contributed by atoms with Crippen molar-refractivity contribution in [1.29, 1.82) is 0 Å². The molecule has 2 unspecified atom stereocenters. The van der Waals surface area contributed by atoms with Crippen LogP contribution in [0.3, 0.4) is 0 Å². The summed E-state index contributed by atoms with van der Waals surface area (Å²) in [5.41, 5.74) is 0. The number of hydrogen-bond acceptors (Lipinski definition) is 15. The SMILES string of the molecule is CCCCCCCCCCCC(=O)OC[C@H](COP(=O)(O)OC[C@@H](O)COP(=O)(O)OC[C@@H](COC(=O)CCCCCCC)OC(=O)CCCCCCC)OC(=O)CCCCCCCCCCCCCCCC(C)C. The summed E-state index contributed by atoms with van der Waals surface area (Å²) in [6.45, 7) is 6.95. The largest absolute Gasteiger partial charge is 0.472 e. The quantitative estimate of drug-likeness (QED) is 0.0222. The van der Waals surface area contributed by atoms with Gasteiger partial charge in [0.05, 0.1) is 26.4 Å². The van der Waals surface area contributed by atoms with Crippen LogP contribution in [0.4, 0.5) is 0 Å². The van der Waals surface area contributed by atoms with E-state index >= 15 is 0 Å². The van der Waals surface area contributed by atoms with Crippen LogP contribution in [0.15, 0.2) is 0 Å². The fourth-order valence-corrected chi connectivity index (χ4v) is 9.75. The molecule has 0 aliphatic rings. The Bertz CT molecular complexity index is 1480. The molecule has 17 nitrogen and oxygen atoms in total. The molecule has 75 heavy (non-hydrogen) atoms. The summed E-state index contributed by atoms with van der Waals surface area (Å²) >= 11 is 0. The van der Waals surface area contributed by atoms with Crippen molar-refractivity contribution in [2.75, 3.05) is 39.6 Å². The number of rotatable bonds is 56. The number of phosphoric acid groups is 2. The standard InChI is InChI=1S/C56H108O17P2/c1-6-9-12-15-16-22-26-31-35-40-54(59)67-46-52(73-56(61)42-37-32-27-24-21-19-17-18-20-23-25-30-33-38-49(4)5)48-71-75(64,65)69-44-50(57)43-68-74(62,63)70-47-51(72-55(60)41-36-29-14-11-8-3)45-66-53(58)39-34-28-13-10-7-2/h49-52,57H,6-48H2,1-5H3,(H,62,63)(H,64,65)/t50-,51+,52+/m0/s1. The molecule has 0 fully saturated rings. The molecule has 0 bridgehead atoms. The van der Waals surface area contributed by atoms with Crippen molar-refractivity contribution in [2.45, 2.75) is 291 Å². The Hall–Kier alpha value is -1.94. The third kappa shape index (κ3) is 51.3. The number of ether oxygens (including phenoxy) is 4. The van der Waals surface area contributed by atoms with Gasteiger partial charge in [-0.15, -0.1) is 0 Å². The second-order valence-electron chi connectivity index (χ2n) is 20.8. The third-order valence-corrected chi connectivity index (χ3v) is 14.7. The van der Waals surface area contributed by atoms with Gasteiger partial charge in [-0.05, 0) is 31.6 Å². The number of carbonyl (C=O) groups is 4. The van der Waals surface area contributed by atoms with Gasteiger partial charge in [-0.1, -0.05) is 221 Å². The topological polar surface area (TPSA) is 237 Å². The molecule has 0 radical (unpaired) electrons. The zero-order chi connectivity index (χ0) is 55.7. The van der Waals surface area contributed by atoms with Crippen LogP contribution in [-0.2, 0) is 65.4 Å². The highest BCUT2D eigenvalue weighted by molar-refractivity contribution is 7.47. The number of aliphatic hydroxyl groups excluding tert-OH is 1. The van der Waals surface area contributed by atoms with Crippen LogP contribution < -0.4 is 0 Å². The molecule has 0 saturated carbocycles. The van der Waals surface area contributed by atoms with Crippen molar-refractivity contribution in [3.05, 3.63) is 0 Å². The molecule has 0 rings (SSSR count). The fourth-order valence-electron chi connectivity index (χ4n) is 8.17. The van der Waals surface area contributed by atoms with E-state index < -0.39 is 97.5 Å². The second-order valence-corrected chi connectivity index (χ2v) is 23.7. The first kappa shape index (κ1) is 73.1. The van der Waals surface area contributed by atoms with E-state index in [1.54, 1.807) is 0 Å². The Morgan fingerprint density at radius 3 is 0.907 bits per heavy atom. The zero-order valence-corrected chi connectivity index (χ0v) is 49.5. The number of esters is 4. The van der Waals surface area contributed by atoms with Crippen molar-refractivity contribution in [2.24, 2.45) is 5.92 Å². The lowest BCUT2D eigenvalue weighted by molar-refractivity contribution is -0.161. The molecular weight excluding hydrogens is 1010 g/mol. The summed E-state index contributed by atoms with van der Waals surface area (Å²) in [6, 6.07) is 0.